The summed E-state index contributed by atoms with van der Waals surface area (Å²) in [5.74, 6) is 0.841. The third-order valence-corrected chi connectivity index (χ3v) is 2.86. The molecule has 0 atom stereocenters. The summed E-state index contributed by atoms with van der Waals surface area (Å²) in [6.07, 6.45) is 2.91. The lowest BCUT2D eigenvalue weighted by Crippen LogP contribution is -2.19. The van der Waals surface area contributed by atoms with Crippen molar-refractivity contribution in [2.45, 2.75) is 19.8 Å². The van der Waals surface area contributed by atoms with Gasteiger partial charge in [0, 0.05) is 24.0 Å². The highest BCUT2D eigenvalue weighted by atomic mass is 15.2. The molecule has 19 heavy (non-hydrogen) atoms. The van der Waals surface area contributed by atoms with Crippen LogP contribution in [0.5, 0.6) is 0 Å². The van der Waals surface area contributed by atoms with Crippen molar-refractivity contribution in [2.75, 3.05) is 11.4 Å². The zero-order valence-corrected chi connectivity index (χ0v) is 11.0. The van der Waals surface area contributed by atoms with Gasteiger partial charge in [-0.2, -0.15) is 5.26 Å². The maximum Gasteiger partial charge on any atom is 0.136 e. The molecule has 0 saturated carbocycles. The molecule has 2 rings (SSSR count). The standard InChI is InChI=1S/C15H16N4/c1-2-13-11-15(18-12-17-13)19(10-6-9-16)14-7-4-3-5-8-14/h3-5,7-8,11-12H,2,6,10H2,1H3. The number of hydrogen-bond donors (Lipinski definition) is 0. The molecule has 0 N–H and O–H groups in total. The number of benzene rings is 1. The Bertz CT molecular complexity index is 560. The Morgan fingerprint density at radius 1 is 1.21 bits per heavy atom. The molecule has 0 aliphatic carbocycles. The van der Waals surface area contributed by atoms with Crippen LogP contribution < -0.4 is 4.90 Å². The van der Waals surface area contributed by atoms with Gasteiger partial charge in [-0.15, -0.1) is 0 Å². The number of hydrogen-bond acceptors (Lipinski definition) is 4. The molecule has 0 amide bonds. The second-order valence-electron chi connectivity index (χ2n) is 4.12. The van der Waals surface area contributed by atoms with Crippen LogP contribution in [0.4, 0.5) is 11.5 Å². The van der Waals surface area contributed by atoms with Crippen molar-refractivity contribution in [2.24, 2.45) is 0 Å². The minimum absolute atomic E-state index is 0.459. The SMILES string of the molecule is CCc1cc(N(CCC#N)c2ccccc2)ncn1. The average molecular weight is 252 g/mol. The normalized spacial score (nSPS) is 9.89. The Morgan fingerprint density at radius 2 is 2.00 bits per heavy atom. The summed E-state index contributed by atoms with van der Waals surface area (Å²) >= 11 is 0. The molecule has 96 valence electrons. The monoisotopic (exact) mass is 252 g/mol. The van der Waals surface area contributed by atoms with Crippen LogP contribution in [-0.4, -0.2) is 16.5 Å². The van der Waals surface area contributed by atoms with E-state index in [-0.39, 0.29) is 0 Å². The predicted molar refractivity (Wildman–Crippen MR) is 75.1 cm³/mol. The van der Waals surface area contributed by atoms with Crippen molar-refractivity contribution in [3.05, 3.63) is 48.4 Å². The summed E-state index contributed by atoms with van der Waals surface area (Å²) in [6, 6.07) is 14.1. The Kier molecular flexibility index (Phi) is 4.46. The van der Waals surface area contributed by atoms with Crippen LogP contribution in [0.25, 0.3) is 0 Å². The summed E-state index contributed by atoms with van der Waals surface area (Å²) in [4.78, 5) is 10.6. The quantitative estimate of drug-likeness (QED) is 0.820. The van der Waals surface area contributed by atoms with Crippen LogP contribution in [0.2, 0.25) is 0 Å². The molecule has 4 nitrogen and oxygen atoms in total. The molecule has 1 heterocycles. The molecule has 2 aromatic rings. The number of nitrogens with zero attached hydrogens (tertiary/aromatic N) is 4. The Labute approximate surface area is 113 Å². The summed E-state index contributed by atoms with van der Waals surface area (Å²) in [5, 5.41) is 8.80. The first-order valence-electron chi connectivity index (χ1n) is 6.35. The van der Waals surface area contributed by atoms with Gasteiger partial charge in [-0.1, -0.05) is 25.1 Å². The van der Waals surface area contributed by atoms with Crippen LogP contribution in [-0.2, 0) is 6.42 Å². The van der Waals surface area contributed by atoms with E-state index in [9.17, 15) is 0 Å². The fourth-order valence-electron chi connectivity index (χ4n) is 1.87. The minimum atomic E-state index is 0.459. The lowest BCUT2D eigenvalue weighted by atomic mass is 10.2. The topological polar surface area (TPSA) is 52.8 Å². The van der Waals surface area contributed by atoms with Gasteiger partial charge in [-0.3, -0.25) is 0 Å². The molecule has 1 aromatic heterocycles. The zero-order chi connectivity index (χ0) is 13.5. The third-order valence-electron chi connectivity index (χ3n) is 2.86. The highest BCUT2D eigenvalue weighted by molar-refractivity contribution is 5.59. The van der Waals surface area contributed by atoms with Gasteiger partial charge < -0.3 is 4.90 Å². The summed E-state index contributed by atoms with van der Waals surface area (Å²) < 4.78 is 0. The van der Waals surface area contributed by atoms with Gasteiger partial charge in [0.05, 0.1) is 12.5 Å². The van der Waals surface area contributed by atoms with Crippen LogP contribution >= 0.6 is 0 Å². The van der Waals surface area contributed by atoms with E-state index in [1.807, 2.05) is 41.3 Å². The van der Waals surface area contributed by atoms with Gasteiger partial charge in [0.15, 0.2) is 0 Å². The fourth-order valence-corrected chi connectivity index (χ4v) is 1.87. The first kappa shape index (κ1) is 13.0. The van der Waals surface area contributed by atoms with Crippen molar-refractivity contribution in [1.29, 1.82) is 5.26 Å². The molecule has 0 bridgehead atoms. The van der Waals surface area contributed by atoms with Crippen molar-refractivity contribution in [1.82, 2.24) is 9.97 Å². The second-order valence-corrected chi connectivity index (χ2v) is 4.12. The Hall–Kier alpha value is -2.41. The van der Waals surface area contributed by atoms with Gasteiger partial charge in [0.2, 0.25) is 0 Å². The van der Waals surface area contributed by atoms with Crippen LogP contribution in [0, 0.1) is 11.3 Å². The van der Waals surface area contributed by atoms with E-state index < -0.39 is 0 Å². The van der Waals surface area contributed by atoms with Crippen molar-refractivity contribution in [3.8, 4) is 6.07 Å². The maximum atomic E-state index is 8.80. The zero-order valence-electron chi connectivity index (χ0n) is 11.0. The van der Waals surface area contributed by atoms with Crippen LogP contribution in [0.1, 0.15) is 19.0 Å². The molecular formula is C15H16N4. The molecule has 0 aliphatic rings. The molecule has 0 unspecified atom stereocenters. The lowest BCUT2D eigenvalue weighted by Gasteiger charge is -2.22. The highest BCUT2D eigenvalue weighted by Crippen LogP contribution is 2.23. The molecule has 1 aromatic carbocycles. The number of rotatable bonds is 5. The predicted octanol–water partition coefficient (Wildman–Crippen LogP) is 3.09. The molecule has 0 spiro atoms. The average Bonchev–Trinajstić information content (AvgIpc) is 2.49. The van der Waals surface area contributed by atoms with Gasteiger partial charge >= 0.3 is 0 Å². The third kappa shape index (κ3) is 3.29. The second kappa shape index (κ2) is 6.50. The maximum absolute atomic E-state index is 8.80. The molecule has 0 aliphatic heterocycles. The minimum Gasteiger partial charge on any atom is -0.325 e. The van der Waals surface area contributed by atoms with Crippen molar-refractivity contribution in [3.63, 3.8) is 0 Å². The Balaban J connectivity index is 2.34. The van der Waals surface area contributed by atoms with E-state index in [4.69, 9.17) is 5.26 Å². The van der Waals surface area contributed by atoms with Crippen molar-refractivity contribution < 1.29 is 0 Å². The van der Waals surface area contributed by atoms with Crippen LogP contribution in [0.3, 0.4) is 0 Å². The largest absolute Gasteiger partial charge is 0.325 e. The molecule has 0 saturated heterocycles. The molecule has 0 fully saturated rings. The van der Waals surface area contributed by atoms with Gasteiger partial charge in [0.25, 0.3) is 0 Å². The number of aryl methyl sites for hydroxylation is 1. The lowest BCUT2D eigenvalue weighted by molar-refractivity contribution is 0.905. The molecule has 0 radical (unpaired) electrons. The first-order valence-corrected chi connectivity index (χ1v) is 6.35. The van der Waals surface area contributed by atoms with E-state index in [1.54, 1.807) is 6.33 Å². The van der Waals surface area contributed by atoms with Crippen molar-refractivity contribution >= 4 is 11.5 Å². The number of nitriles is 1. The van der Waals surface area contributed by atoms with E-state index in [2.05, 4.69) is 23.0 Å². The van der Waals surface area contributed by atoms with E-state index in [0.717, 1.165) is 23.6 Å². The number of para-hydroxylation sites is 1. The summed E-state index contributed by atoms with van der Waals surface area (Å²) in [7, 11) is 0. The Morgan fingerprint density at radius 3 is 2.68 bits per heavy atom. The highest BCUT2D eigenvalue weighted by Gasteiger charge is 2.10. The number of aromatic nitrogens is 2. The van der Waals surface area contributed by atoms with Crippen LogP contribution in [0.15, 0.2) is 42.7 Å². The van der Waals surface area contributed by atoms with E-state index in [0.29, 0.717) is 13.0 Å². The number of anilines is 2. The van der Waals surface area contributed by atoms with Gasteiger partial charge in [0.1, 0.15) is 12.1 Å². The first-order chi connectivity index (χ1) is 9.35. The smallest absolute Gasteiger partial charge is 0.136 e. The van der Waals surface area contributed by atoms with Gasteiger partial charge in [-0.25, -0.2) is 9.97 Å². The van der Waals surface area contributed by atoms with E-state index in [1.165, 1.54) is 0 Å². The van der Waals surface area contributed by atoms with Gasteiger partial charge in [-0.05, 0) is 18.6 Å². The molecular weight excluding hydrogens is 236 g/mol. The molecule has 4 heteroatoms. The van der Waals surface area contributed by atoms with E-state index >= 15 is 0 Å². The summed E-state index contributed by atoms with van der Waals surface area (Å²) in [6.45, 7) is 2.69. The summed E-state index contributed by atoms with van der Waals surface area (Å²) in [5.41, 5.74) is 2.04. The fraction of sp³-hybridized carbons (Fsp3) is 0.267.